The third-order valence-corrected chi connectivity index (χ3v) is 3.56. The molecule has 0 saturated heterocycles. The van der Waals surface area contributed by atoms with Gasteiger partial charge in [0.25, 0.3) is 0 Å². The van der Waals surface area contributed by atoms with Crippen molar-refractivity contribution < 1.29 is 4.74 Å². The van der Waals surface area contributed by atoms with E-state index in [1.54, 1.807) is 7.11 Å². The first-order valence-electron chi connectivity index (χ1n) is 7.40. The first-order chi connectivity index (χ1) is 9.10. The Labute approximate surface area is 117 Å². The number of methoxy groups -OCH3 is 1. The second-order valence-corrected chi connectivity index (χ2v) is 5.18. The minimum Gasteiger partial charge on any atom is -0.382 e. The SMILES string of the molecule is CCNC(CCC(C)OC)Cc1cc(C)nn1CC. The Bertz CT molecular complexity index is 362. The van der Waals surface area contributed by atoms with Gasteiger partial charge in [-0.15, -0.1) is 0 Å². The van der Waals surface area contributed by atoms with Crippen molar-refractivity contribution >= 4 is 0 Å². The van der Waals surface area contributed by atoms with Gasteiger partial charge >= 0.3 is 0 Å². The second-order valence-electron chi connectivity index (χ2n) is 5.18. The van der Waals surface area contributed by atoms with Crippen LogP contribution >= 0.6 is 0 Å². The lowest BCUT2D eigenvalue weighted by atomic mass is 10.0. The van der Waals surface area contributed by atoms with Crippen LogP contribution in [0.1, 0.15) is 45.0 Å². The van der Waals surface area contributed by atoms with Crippen molar-refractivity contribution in [2.75, 3.05) is 13.7 Å². The fourth-order valence-corrected chi connectivity index (χ4v) is 2.41. The Morgan fingerprint density at radius 1 is 1.37 bits per heavy atom. The highest BCUT2D eigenvalue weighted by atomic mass is 16.5. The number of aryl methyl sites for hydroxylation is 2. The molecule has 1 aromatic heterocycles. The Morgan fingerprint density at radius 2 is 2.11 bits per heavy atom. The molecule has 110 valence electrons. The summed E-state index contributed by atoms with van der Waals surface area (Å²) in [4.78, 5) is 0. The van der Waals surface area contributed by atoms with Gasteiger partial charge in [0.15, 0.2) is 0 Å². The monoisotopic (exact) mass is 267 g/mol. The molecule has 0 saturated carbocycles. The molecule has 0 spiro atoms. The summed E-state index contributed by atoms with van der Waals surface area (Å²) in [5.74, 6) is 0. The summed E-state index contributed by atoms with van der Waals surface area (Å²) in [6, 6.07) is 2.71. The van der Waals surface area contributed by atoms with Crippen molar-refractivity contribution in [1.29, 1.82) is 0 Å². The lowest BCUT2D eigenvalue weighted by Crippen LogP contribution is -2.32. The quantitative estimate of drug-likeness (QED) is 0.747. The molecular weight excluding hydrogens is 238 g/mol. The highest BCUT2D eigenvalue weighted by Gasteiger charge is 2.14. The van der Waals surface area contributed by atoms with Crippen LogP contribution in [0, 0.1) is 6.92 Å². The number of nitrogens with one attached hydrogen (secondary N) is 1. The Kier molecular flexibility index (Phi) is 7.10. The van der Waals surface area contributed by atoms with Gasteiger partial charge in [-0.05, 0) is 46.2 Å². The summed E-state index contributed by atoms with van der Waals surface area (Å²) >= 11 is 0. The number of hydrogen-bond donors (Lipinski definition) is 1. The highest BCUT2D eigenvalue weighted by Crippen LogP contribution is 2.12. The molecule has 1 N–H and O–H groups in total. The number of nitrogens with zero attached hydrogens (tertiary/aromatic N) is 2. The van der Waals surface area contributed by atoms with E-state index in [4.69, 9.17) is 4.74 Å². The first kappa shape index (κ1) is 16.2. The van der Waals surface area contributed by atoms with Gasteiger partial charge in [-0.3, -0.25) is 4.68 Å². The van der Waals surface area contributed by atoms with Gasteiger partial charge in [0.1, 0.15) is 0 Å². The van der Waals surface area contributed by atoms with E-state index in [2.05, 4.69) is 48.9 Å². The van der Waals surface area contributed by atoms with E-state index in [9.17, 15) is 0 Å². The maximum atomic E-state index is 5.33. The second kappa shape index (κ2) is 8.33. The van der Waals surface area contributed by atoms with Gasteiger partial charge in [0, 0.05) is 31.8 Å². The topological polar surface area (TPSA) is 39.1 Å². The minimum atomic E-state index is 0.332. The Hall–Kier alpha value is -0.870. The zero-order valence-electron chi connectivity index (χ0n) is 13.1. The number of ether oxygens (including phenoxy) is 1. The maximum Gasteiger partial charge on any atom is 0.0596 e. The predicted octanol–water partition coefficient (Wildman–Crippen LogP) is 2.55. The van der Waals surface area contributed by atoms with Crippen molar-refractivity contribution in [2.45, 2.75) is 65.6 Å². The molecule has 1 heterocycles. The molecule has 1 aromatic rings. The summed E-state index contributed by atoms with van der Waals surface area (Å²) < 4.78 is 7.44. The largest absolute Gasteiger partial charge is 0.382 e. The van der Waals surface area contributed by atoms with E-state index in [0.29, 0.717) is 12.1 Å². The molecule has 1 rings (SSSR count). The van der Waals surface area contributed by atoms with Gasteiger partial charge in [0.05, 0.1) is 11.8 Å². The van der Waals surface area contributed by atoms with Crippen LogP contribution in [0.5, 0.6) is 0 Å². The van der Waals surface area contributed by atoms with Crippen molar-refractivity contribution in [3.05, 3.63) is 17.5 Å². The standard InChI is InChI=1S/C15H29N3O/c1-6-16-14(9-8-13(4)19-5)11-15-10-12(3)17-18(15)7-2/h10,13-14,16H,6-9,11H2,1-5H3. The number of rotatable bonds is 9. The zero-order valence-corrected chi connectivity index (χ0v) is 13.1. The molecule has 2 unspecified atom stereocenters. The summed E-state index contributed by atoms with van der Waals surface area (Å²) in [6.45, 7) is 10.4. The van der Waals surface area contributed by atoms with E-state index >= 15 is 0 Å². The van der Waals surface area contributed by atoms with E-state index in [1.165, 1.54) is 5.69 Å². The average molecular weight is 267 g/mol. The fraction of sp³-hybridized carbons (Fsp3) is 0.800. The predicted molar refractivity (Wildman–Crippen MR) is 79.5 cm³/mol. The number of aromatic nitrogens is 2. The van der Waals surface area contributed by atoms with E-state index in [1.807, 2.05) is 0 Å². The zero-order chi connectivity index (χ0) is 14.3. The molecule has 4 heteroatoms. The fourth-order valence-electron chi connectivity index (χ4n) is 2.41. The molecule has 2 atom stereocenters. The highest BCUT2D eigenvalue weighted by molar-refractivity contribution is 5.10. The minimum absolute atomic E-state index is 0.332. The van der Waals surface area contributed by atoms with Crippen LogP contribution in [0.15, 0.2) is 6.07 Å². The summed E-state index contributed by atoms with van der Waals surface area (Å²) in [6.07, 6.45) is 3.60. The van der Waals surface area contributed by atoms with Gasteiger partial charge in [-0.2, -0.15) is 5.10 Å². The van der Waals surface area contributed by atoms with Gasteiger partial charge in [-0.1, -0.05) is 6.92 Å². The molecule has 0 aliphatic carbocycles. The van der Waals surface area contributed by atoms with Crippen LogP contribution < -0.4 is 5.32 Å². The molecule has 0 bridgehead atoms. The van der Waals surface area contributed by atoms with Crippen LogP contribution in [0.4, 0.5) is 0 Å². The van der Waals surface area contributed by atoms with Crippen molar-refractivity contribution in [3.63, 3.8) is 0 Å². The number of likely N-dealkylation sites (N-methyl/N-ethyl adjacent to an activating group) is 1. The van der Waals surface area contributed by atoms with Gasteiger partial charge in [0.2, 0.25) is 0 Å². The summed E-state index contributed by atoms with van der Waals surface area (Å²) in [5, 5.41) is 8.09. The molecule has 0 fully saturated rings. The third-order valence-electron chi connectivity index (χ3n) is 3.56. The molecule has 0 aliphatic heterocycles. The van der Waals surface area contributed by atoms with E-state index < -0.39 is 0 Å². The van der Waals surface area contributed by atoms with Crippen molar-refractivity contribution in [1.82, 2.24) is 15.1 Å². The summed E-state index contributed by atoms with van der Waals surface area (Å²) in [5.41, 5.74) is 2.44. The number of hydrogen-bond acceptors (Lipinski definition) is 3. The van der Waals surface area contributed by atoms with Crippen LogP contribution in [0.25, 0.3) is 0 Å². The van der Waals surface area contributed by atoms with E-state index in [-0.39, 0.29) is 0 Å². The molecule has 19 heavy (non-hydrogen) atoms. The molecule has 4 nitrogen and oxygen atoms in total. The maximum absolute atomic E-state index is 5.33. The Morgan fingerprint density at radius 3 is 2.68 bits per heavy atom. The molecule has 0 aromatic carbocycles. The van der Waals surface area contributed by atoms with Crippen molar-refractivity contribution in [3.8, 4) is 0 Å². The molecule has 0 amide bonds. The lowest BCUT2D eigenvalue weighted by molar-refractivity contribution is 0.106. The van der Waals surface area contributed by atoms with E-state index in [0.717, 1.165) is 38.0 Å². The van der Waals surface area contributed by atoms with Gasteiger partial charge in [-0.25, -0.2) is 0 Å². The average Bonchev–Trinajstić information content (AvgIpc) is 2.75. The van der Waals surface area contributed by atoms with Crippen LogP contribution in [0.3, 0.4) is 0 Å². The Balaban J connectivity index is 2.61. The molecule has 0 aliphatic rings. The van der Waals surface area contributed by atoms with Gasteiger partial charge < -0.3 is 10.1 Å². The van der Waals surface area contributed by atoms with Crippen LogP contribution in [-0.2, 0) is 17.7 Å². The van der Waals surface area contributed by atoms with Crippen LogP contribution in [-0.4, -0.2) is 35.6 Å². The smallest absolute Gasteiger partial charge is 0.0596 e. The normalized spacial score (nSPS) is 14.6. The lowest BCUT2D eigenvalue weighted by Gasteiger charge is -2.20. The third kappa shape index (κ3) is 5.33. The van der Waals surface area contributed by atoms with Crippen LogP contribution in [0.2, 0.25) is 0 Å². The molecule has 0 radical (unpaired) electrons. The summed E-state index contributed by atoms with van der Waals surface area (Å²) in [7, 11) is 1.78. The molecular formula is C15H29N3O. The first-order valence-corrected chi connectivity index (χ1v) is 7.40. The van der Waals surface area contributed by atoms with Crippen molar-refractivity contribution in [2.24, 2.45) is 0 Å².